The number of rotatable bonds is 4. The summed E-state index contributed by atoms with van der Waals surface area (Å²) in [5, 5.41) is 2.21. The second kappa shape index (κ2) is 8.83. The van der Waals surface area contributed by atoms with Crippen LogP contribution in [-0.2, 0) is 7.05 Å². The van der Waals surface area contributed by atoms with Crippen molar-refractivity contribution in [3.63, 3.8) is 0 Å². The first kappa shape index (κ1) is 24.4. The molecule has 0 fully saturated rings. The molecule has 4 heteroatoms. The van der Waals surface area contributed by atoms with Crippen LogP contribution in [0.3, 0.4) is 0 Å². The maximum atomic E-state index is 6.64. The van der Waals surface area contributed by atoms with E-state index < -0.39 is 0 Å². The quantitative estimate of drug-likeness (QED) is 0.226. The van der Waals surface area contributed by atoms with Gasteiger partial charge in [-0.05, 0) is 61.9 Å². The van der Waals surface area contributed by atoms with Crippen LogP contribution in [0.1, 0.15) is 67.5 Å². The second-order valence-electron chi connectivity index (χ2n) is 11.3. The molecule has 38 heavy (non-hydrogen) atoms. The average Bonchev–Trinajstić information content (AvgIpc) is 3.38. The SMILES string of the molecule is Cc1cc(C)c2c(n1)oc1c(-c3n(-c4c(C(C)C)cccc4C(C)C)c4ccccc4[n+]3C)c(C)ccc12. The third kappa shape index (κ3) is 3.50. The number of aryl methyl sites for hydroxylation is 4. The standard InChI is InChI=1S/C34H36N3O/c1-19(2)24-12-11-13-25(20(3)4)31(24)37-28-15-10-9-14-27(28)36(8)34(37)30-21(5)16-17-26-29-22(6)18-23(7)35-33(29)38-32(26)30/h9-20H,1-8H3/q+1. The van der Waals surface area contributed by atoms with E-state index in [1.165, 1.54) is 39.0 Å². The average molecular weight is 503 g/mol. The highest BCUT2D eigenvalue weighted by Gasteiger charge is 2.33. The van der Waals surface area contributed by atoms with E-state index in [1.807, 2.05) is 6.92 Å². The number of nitrogens with zero attached hydrogens (tertiary/aromatic N) is 3. The Balaban J connectivity index is 1.84. The zero-order valence-electron chi connectivity index (χ0n) is 23.7. The van der Waals surface area contributed by atoms with Crippen LogP contribution in [-0.4, -0.2) is 9.55 Å². The van der Waals surface area contributed by atoms with Crippen molar-refractivity contribution in [1.29, 1.82) is 0 Å². The van der Waals surface area contributed by atoms with E-state index in [9.17, 15) is 0 Å². The van der Waals surface area contributed by atoms with E-state index >= 15 is 0 Å². The summed E-state index contributed by atoms with van der Waals surface area (Å²) in [6.45, 7) is 15.5. The van der Waals surface area contributed by atoms with Crippen molar-refractivity contribution in [2.75, 3.05) is 0 Å². The Bertz CT molecular complexity index is 1840. The number of hydrogen-bond donors (Lipinski definition) is 0. The molecule has 3 aromatic heterocycles. The van der Waals surface area contributed by atoms with Crippen molar-refractivity contribution < 1.29 is 8.98 Å². The minimum absolute atomic E-state index is 0.376. The van der Waals surface area contributed by atoms with Gasteiger partial charge in [0.25, 0.3) is 5.82 Å². The van der Waals surface area contributed by atoms with Crippen molar-refractivity contribution in [1.82, 2.24) is 9.55 Å². The fraction of sp³-hybridized carbons (Fsp3) is 0.294. The summed E-state index contributed by atoms with van der Waals surface area (Å²) in [7, 11) is 2.18. The fourth-order valence-electron chi connectivity index (χ4n) is 6.15. The molecule has 0 bridgehead atoms. The molecule has 6 aromatic rings. The number of imidazole rings is 1. The summed E-state index contributed by atoms with van der Waals surface area (Å²) in [5.41, 5.74) is 12.4. The Morgan fingerprint density at radius 2 is 1.50 bits per heavy atom. The van der Waals surface area contributed by atoms with Crippen LogP contribution in [0, 0.1) is 20.8 Å². The van der Waals surface area contributed by atoms with Crippen molar-refractivity contribution in [2.45, 2.75) is 60.3 Å². The largest absolute Gasteiger partial charge is 0.437 e. The molecule has 0 spiro atoms. The first-order valence-electron chi connectivity index (χ1n) is 13.6. The molecule has 6 rings (SSSR count). The van der Waals surface area contributed by atoms with Gasteiger partial charge in [0.15, 0.2) is 16.6 Å². The molecule has 192 valence electrons. The monoisotopic (exact) mass is 502 g/mol. The van der Waals surface area contributed by atoms with Gasteiger partial charge in [0.2, 0.25) is 5.71 Å². The summed E-state index contributed by atoms with van der Waals surface area (Å²) in [5.74, 6) is 1.87. The van der Waals surface area contributed by atoms with Crippen LogP contribution in [0.4, 0.5) is 0 Å². The predicted octanol–water partition coefficient (Wildman–Crippen LogP) is 8.59. The summed E-state index contributed by atoms with van der Waals surface area (Å²) >= 11 is 0. The zero-order chi connectivity index (χ0) is 26.9. The molecule has 0 aliphatic rings. The van der Waals surface area contributed by atoms with E-state index in [2.05, 4.69) is 118 Å². The summed E-state index contributed by atoms with van der Waals surface area (Å²) < 4.78 is 11.5. The smallest absolute Gasteiger partial charge is 0.299 e. The van der Waals surface area contributed by atoms with Crippen LogP contribution in [0.15, 0.2) is 65.1 Å². The topological polar surface area (TPSA) is 34.8 Å². The zero-order valence-corrected chi connectivity index (χ0v) is 23.7. The van der Waals surface area contributed by atoms with Gasteiger partial charge in [0.05, 0.1) is 12.4 Å². The number of pyridine rings is 1. The van der Waals surface area contributed by atoms with Gasteiger partial charge in [-0.3, -0.25) is 0 Å². The van der Waals surface area contributed by atoms with Crippen LogP contribution >= 0.6 is 0 Å². The maximum Gasteiger partial charge on any atom is 0.299 e. The predicted molar refractivity (Wildman–Crippen MR) is 157 cm³/mol. The molecule has 0 saturated heterocycles. The Labute approximate surface area is 224 Å². The molecular weight excluding hydrogens is 466 g/mol. The number of fused-ring (bicyclic) bond motifs is 4. The second-order valence-corrected chi connectivity index (χ2v) is 11.3. The lowest BCUT2D eigenvalue weighted by Crippen LogP contribution is -2.30. The van der Waals surface area contributed by atoms with Crippen LogP contribution < -0.4 is 4.57 Å². The summed E-state index contributed by atoms with van der Waals surface area (Å²) in [6.07, 6.45) is 0. The fourth-order valence-corrected chi connectivity index (χ4v) is 6.15. The van der Waals surface area contributed by atoms with Gasteiger partial charge >= 0.3 is 0 Å². The minimum atomic E-state index is 0.376. The van der Waals surface area contributed by atoms with Crippen LogP contribution in [0.25, 0.3) is 50.2 Å². The molecule has 0 unspecified atom stereocenters. The molecule has 0 aliphatic carbocycles. The highest BCUT2D eigenvalue weighted by Crippen LogP contribution is 2.41. The highest BCUT2D eigenvalue weighted by molar-refractivity contribution is 6.10. The highest BCUT2D eigenvalue weighted by atomic mass is 16.3. The van der Waals surface area contributed by atoms with Gasteiger partial charge in [-0.2, -0.15) is 4.57 Å². The van der Waals surface area contributed by atoms with Gasteiger partial charge in [-0.25, -0.2) is 9.55 Å². The Morgan fingerprint density at radius 3 is 2.18 bits per heavy atom. The van der Waals surface area contributed by atoms with E-state index in [1.54, 1.807) is 0 Å². The van der Waals surface area contributed by atoms with E-state index in [0.717, 1.165) is 33.4 Å². The summed E-state index contributed by atoms with van der Waals surface area (Å²) in [4.78, 5) is 4.78. The number of furan rings is 1. The molecule has 0 aliphatic heterocycles. The number of aromatic nitrogens is 3. The normalized spacial score (nSPS) is 12.2. The van der Waals surface area contributed by atoms with Gasteiger partial charge < -0.3 is 4.42 Å². The van der Waals surface area contributed by atoms with Crippen molar-refractivity contribution in [3.8, 4) is 17.1 Å². The third-order valence-corrected chi connectivity index (χ3v) is 7.95. The molecule has 3 heterocycles. The Hall–Kier alpha value is -3.92. The van der Waals surface area contributed by atoms with Gasteiger partial charge in [-0.1, -0.05) is 70.2 Å². The number of benzene rings is 3. The van der Waals surface area contributed by atoms with Crippen molar-refractivity contribution in [2.24, 2.45) is 7.05 Å². The molecule has 0 radical (unpaired) electrons. The molecule has 0 atom stereocenters. The molecule has 3 aromatic carbocycles. The van der Waals surface area contributed by atoms with E-state index in [0.29, 0.717) is 17.5 Å². The lowest BCUT2D eigenvalue weighted by Gasteiger charge is -2.18. The van der Waals surface area contributed by atoms with Crippen molar-refractivity contribution in [3.05, 3.63) is 88.6 Å². The van der Waals surface area contributed by atoms with Gasteiger partial charge in [-0.15, -0.1) is 0 Å². The minimum Gasteiger partial charge on any atom is -0.437 e. The molecule has 4 nitrogen and oxygen atoms in total. The first-order chi connectivity index (χ1) is 18.2. The first-order valence-corrected chi connectivity index (χ1v) is 13.6. The maximum absolute atomic E-state index is 6.64. The lowest BCUT2D eigenvalue weighted by molar-refractivity contribution is -0.633. The molecule has 0 amide bonds. The van der Waals surface area contributed by atoms with Crippen molar-refractivity contribution >= 4 is 33.1 Å². The van der Waals surface area contributed by atoms with Gasteiger partial charge in [0, 0.05) is 22.2 Å². The lowest BCUT2D eigenvalue weighted by atomic mass is 9.92. The van der Waals surface area contributed by atoms with Crippen LogP contribution in [0.2, 0.25) is 0 Å². The molecular formula is C34H36N3O+. The number of para-hydroxylation sites is 3. The summed E-state index contributed by atoms with van der Waals surface area (Å²) in [6, 6.07) is 22.1. The van der Waals surface area contributed by atoms with Gasteiger partial charge in [0.1, 0.15) is 11.3 Å². The third-order valence-electron chi connectivity index (χ3n) is 7.95. The molecule has 0 saturated carbocycles. The molecule has 0 N–H and O–H groups in total. The van der Waals surface area contributed by atoms with E-state index in [4.69, 9.17) is 9.40 Å². The van der Waals surface area contributed by atoms with E-state index in [-0.39, 0.29) is 0 Å². The van der Waals surface area contributed by atoms with Crippen LogP contribution in [0.5, 0.6) is 0 Å². The Morgan fingerprint density at radius 1 is 0.816 bits per heavy atom. The Kier molecular flexibility index (Phi) is 5.68. The number of hydrogen-bond acceptors (Lipinski definition) is 2.